The lowest BCUT2D eigenvalue weighted by molar-refractivity contribution is 0.0900. The number of sulfone groups is 1. The van der Waals surface area contributed by atoms with Crippen LogP contribution in [0, 0.1) is 5.41 Å². The number of carbonyl (C=O) groups excluding carboxylic acids is 1. The van der Waals surface area contributed by atoms with Crippen LogP contribution in [0.3, 0.4) is 0 Å². The first kappa shape index (κ1) is 18.2. The third-order valence-corrected chi connectivity index (χ3v) is 4.88. The standard InChI is InChI=1S/C15H22BrNO3S/c1-15(2,3)13(9-10-16)17-14(18)11-5-7-12(8-6-11)21(4,19)20/h5-8,13H,9-10H2,1-4H3,(H,17,18). The number of alkyl halides is 1. The fourth-order valence-electron chi connectivity index (χ4n) is 1.93. The number of rotatable bonds is 5. The molecule has 1 aromatic rings. The van der Waals surface area contributed by atoms with E-state index < -0.39 is 9.84 Å². The molecule has 1 atom stereocenters. The van der Waals surface area contributed by atoms with Crippen molar-refractivity contribution in [3.05, 3.63) is 29.8 Å². The summed E-state index contributed by atoms with van der Waals surface area (Å²) in [5, 5.41) is 3.82. The molecule has 1 rings (SSSR count). The van der Waals surface area contributed by atoms with Gasteiger partial charge in [0, 0.05) is 23.2 Å². The minimum Gasteiger partial charge on any atom is -0.349 e. The topological polar surface area (TPSA) is 63.2 Å². The van der Waals surface area contributed by atoms with Crippen LogP contribution in [-0.2, 0) is 9.84 Å². The Balaban J connectivity index is 2.88. The Bertz CT molecular complexity index is 588. The molecule has 0 aromatic heterocycles. The summed E-state index contributed by atoms with van der Waals surface area (Å²) in [6.07, 6.45) is 1.98. The van der Waals surface area contributed by atoms with Crippen LogP contribution in [0.15, 0.2) is 29.2 Å². The van der Waals surface area contributed by atoms with Crippen LogP contribution in [0.5, 0.6) is 0 Å². The van der Waals surface area contributed by atoms with E-state index in [-0.39, 0.29) is 22.3 Å². The maximum Gasteiger partial charge on any atom is 0.251 e. The average molecular weight is 376 g/mol. The largest absolute Gasteiger partial charge is 0.349 e. The first-order valence-corrected chi connectivity index (χ1v) is 9.74. The number of nitrogens with one attached hydrogen (secondary N) is 1. The van der Waals surface area contributed by atoms with Crippen LogP contribution in [0.2, 0.25) is 0 Å². The van der Waals surface area contributed by atoms with Crippen LogP contribution in [0.25, 0.3) is 0 Å². The van der Waals surface area contributed by atoms with Gasteiger partial charge in [-0.3, -0.25) is 4.79 Å². The third kappa shape index (κ3) is 5.43. The first-order valence-electron chi connectivity index (χ1n) is 6.72. The lowest BCUT2D eigenvalue weighted by Crippen LogP contribution is -2.44. The summed E-state index contributed by atoms with van der Waals surface area (Å²) in [5.74, 6) is -0.184. The third-order valence-electron chi connectivity index (χ3n) is 3.29. The molecule has 21 heavy (non-hydrogen) atoms. The number of hydrogen-bond acceptors (Lipinski definition) is 3. The number of benzene rings is 1. The summed E-state index contributed by atoms with van der Waals surface area (Å²) < 4.78 is 22.8. The molecular weight excluding hydrogens is 354 g/mol. The highest BCUT2D eigenvalue weighted by Gasteiger charge is 2.26. The fraction of sp³-hybridized carbons (Fsp3) is 0.533. The van der Waals surface area contributed by atoms with Gasteiger partial charge in [-0.1, -0.05) is 36.7 Å². The maximum atomic E-state index is 12.3. The van der Waals surface area contributed by atoms with E-state index in [9.17, 15) is 13.2 Å². The van der Waals surface area contributed by atoms with Gasteiger partial charge < -0.3 is 5.32 Å². The molecular formula is C15H22BrNO3S. The molecule has 4 nitrogen and oxygen atoms in total. The fourth-order valence-corrected chi connectivity index (χ4v) is 3.01. The van der Waals surface area contributed by atoms with Crippen molar-refractivity contribution in [2.45, 2.75) is 38.1 Å². The number of hydrogen-bond donors (Lipinski definition) is 1. The van der Waals surface area contributed by atoms with Crippen LogP contribution in [0.4, 0.5) is 0 Å². The van der Waals surface area contributed by atoms with E-state index in [0.717, 1.165) is 18.0 Å². The molecule has 118 valence electrons. The second-order valence-corrected chi connectivity index (χ2v) is 8.98. The van der Waals surface area contributed by atoms with E-state index in [2.05, 4.69) is 42.0 Å². The molecule has 1 aromatic carbocycles. The minimum absolute atomic E-state index is 0.0407. The SMILES string of the molecule is CC(C)(C)C(CCBr)NC(=O)c1ccc(S(C)(=O)=O)cc1. The average Bonchev–Trinajstić information content (AvgIpc) is 2.36. The lowest BCUT2D eigenvalue weighted by Gasteiger charge is -2.31. The number of halogens is 1. The van der Waals surface area contributed by atoms with Crippen molar-refractivity contribution in [2.24, 2.45) is 5.41 Å². The highest BCUT2D eigenvalue weighted by atomic mass is 79.9. The van der Waals surface area contributed by atoms with E-state index in [1.807, 2.05) is 0 Å². The van der Waals surface area contributed by atoms with Crippen molar-refractivity contribution in [1.29, 1.82) is 0 Å². The van der Waals surface area contributed by atoms with Crippen LogP contribution in [-0.4, -0.2) is 32.0 Å². The molecule has 0 spiro atoms. The Hall–Kier alpha value is -0.880. The molecule has 1 unspecified atom stereocenters. The molecule has 0 saturated heterocycles. The van der Waals surface area contributed by atoms with Crippen molar-refractivity contribution in [3.63, 3.8) is 0 Å². The Labute approximate surface area is 135 Å². The maximum absolute atomic E-state index is 12.3. The predicted molar refractivity (Wildman–Crippen MR) is 88.7 cm³/mol. The van der Waals surface area contributed by atoms with Crippen molar-refractivity contribution in [3.8, 4) is 0 Å². The second-order valence-electron chi connectivity index (χ2n) is 6.17. The van der Waals surface area contributed by atoms with Gasteiger partial charge in [0.2, 0.25) is 0 Å². The van der Waals surface area contributed by atoms with Gasteiger partial charge in [-0.15, -0.1) is 0 Å². The van der Waals surface area contributed by atoms with Crippen LogP contribution < -0.4 is 5.32 Å². The zero-order valence-electron chi connectivity index (χ0n) is 12.8. The molecule has 1 amide bonds. The summed E-state index contributed by atoms with van der Waals surface area (Å²) in [6, 6.07) is 6.04. The summed E-state index contributed by atoms with van der Waals surface area (Å²) >= 11 is 3.40. The van der Waals surface area contributed by atoms with Crippen LogP contribution in [0.1, 0.15) is 37.6 Å². The smallest absolute Gasteiger partial charge is 0.251 e. The predicted octanol–water partition coefficient (Wildman–Crippen LogP) is 3.02. The lowest BCUT2D eigenvalue weighted by atomic mass is 9.85. The van der Waals surface area contributed by atoms with Crippen molar-refractivity contribution in [2.75, 3.05) is 11.6 Å². The second kappa shape index (κ2) is 6.92. The number of amides is 1. The van der Waals surface area contributed by atoms with Crippen LogP contribution >= 0.6 is 15.9 Å². The molecule has 0 aliphatic carbocycles. The normalized spacial score (nSPS) is 13.8. The van der Waals surface area contributed by atoms with E-state index in [0.29, 0.717) is 5.56 Å². The van der Waals surface area contributed by atoms with Crippen molar-refractivity contribution >= 4 is 31.7 Å². The van der Waals surface area contributed by atoms with E-state index in [1.165, 1.54) is 12.1 Å². The monoisotopic (exact) mass is 375 g/mol. The van der Waals surface area contributed by atoms with Gasteiger partial charge in [0.1, 0.15) is 0 Å². The molecule has 0 aliphatic heterocycles. The summed E-state index contributed by atoms with van der Waals surface area (Å²) in [7, 11) is -3.24. The summed E-state index contributed by atoms with van der Waals surface area (Å²) in [5.41, 5.74) is 0.419. The zero-order chi connectivity index (χ0) is 16.3. The van der Waals surface area contributed by atoms with Crippen molar-refractivity contribution < 1.29 is 13.2 Å². The van der Waals surface area contributed by atoms with E-state index in [1.54, 1.807) is 12.1 Å². The molecule has 0 saturated carbocycles. The van der Waals surface area contributed by atoms with E-state index in [4.69, 9.17) is 0 Å². The van der Waals surface area contributed by atoms with Gasteiger partial charge in [0.05, 0.1) is 4.90 Å². The summed E-state index contributed by atoms with van der Waals surface area (Å²) in [6.45, 7) is 6.23. The van der Waals surface area contributed by atoms with Gasteiger partial charge >= 0.3 is 0 Å². The quantitative estimate of drug-likeness (QED) is 0.804. The van der Waals surface area contributed by atoms with Gasteiger partial charge in [0.25, 0.3) is 5.91 Å². The zero-order valence-corrected chi connectivity index (χ0v) is 15.2. The van der Waals surface area contributed by atoms with Gasteiger partial charge in [-0.05, 0) is 36.1 Å². The molecule has 6 heteroatoms. The Kier molecular flexibility index (Phi) is 5.99. The highest BCUT2D eigenvalue weighted by molar-refractivity contribution is 9.09. The minimum atomic E-state index is -3.24. The molecule has 0 radical (unpaired) electrons. The van der Waals surface area contributed by atoms with Gasteiger partial charge in [-0.25, -0.2) is 8.42 Å². The molecule has 0 aliphatic rings. The Morgan fingerprint density at radius 2 is 1.76 bits per heavy atom. The Morgan fingerprint density at radius 3 is 2.14 bits per heavy atom. The first-order chi connectivity index (χ1) is 9.55. The molecule has 1 N–H and O–H groups in total. The van der Waals surface area contributed by atoms with Gasteiger partial charge in [0.15, 0.2) is 9.84 Å². The molecule has 0 fully saturated rings. The van der Waals surface area contributed by atoms with E-state index >= 15 is 0 Å². The highest BCUT2D eigenvalue weighted by Crippen LogP contribution is 2.23. The Morgan fingerprint density at radius 1 is 1.24 bits per heavy atom. The van der Waals surface area contributed by atoms with Crippen molar-refractivity contribution in [1.82, 2.24) is 5.32 Å². The number of carbonyl (C=O) groups is 1. The molecule has 0 bridgehead atoms. The molecule has 0 heterocycles. The van der Waals surface area contributed by atoms with Gasteiger partial charge in [-0.2, -0.15) is 0 Å². The summed E-state index contributed by atoms with van der Waals surface area (Å²) in [4.78, 5) is 12.5.